The van der Waals surface area contributed by atoms with Crippen LogP contribution >= 0.6 is 0 Å². The molecule has 0 aromatic heterocycles. The maximum atomic E-state index is 8.02. The third kappa shape index (κ3) is 0.373. The summed E-state index contributed by atoms with van der Waals surface area (Å²) >= 11 is 0. The Morgan fingerprint density at radius 2 is 2.33 bits per heavy atom. The van der Waals surface area contributed by atoms with Gasteiger partial charge in [0.25, 0.3) is 0 Å². The SMILES string of the molecule is N#C[C]1COC1. The third-order valence-electron chi connectivity index (χ3n) is 0.711. The van der Waals surface area contributed by atoms with Gasteiger partial charge >= 0.3 is 0 Å². The molecule has 31 valence electrons. The molecule has 1 rings (SSSR count). The molecule has 0 spiro atoms. The Balaban J connectivity index is 2.22. The van der Waals surface area contributed by atoms with Crippen LogP contribution in [0.15, 0.2) is 0 Å². The van der Waals surface area contributed by atoms with E-state index in [9.17, 15) is 0 Å². The van der Waals surface area contributed by atoms with Gasteiger partial charge in [-0.05, 0) is 0 Å². The Morgan fingerprint density at radius 1 is 1.67 bits per heavy atom. The Morgan fingerprint density at radius 3 is 2.33 bits per heavy atom. The van der Waals surface area contributed by atoms with E-state index in [1.54, 1.807) is 0 Å². The van der Waals surface area contributed by atoms with Gasteiger partial charge in [-0.3, -0.25) is 0 Å². The van der Waals surface area contributed by atoms with Gasteiger partial charge in [-0.1, -0.05) is 0 Å². The van der Waals surface area contributed by atoms with Gasteiger partial charge in [0, 0.05) is 0 Å². The maximum absolute atomic E-state index is 8.02. The van der Waals surface area contributed by atoms with Crippen molar-refractivity contribution in [1.82, 2.24) is 0 Å². The molecule has 0 amide bonds. The van der Waals surface area contributed by atoms with Crippen LogP contribution in [0.25, 0.3) is 0 Å². The Labute approximate surface area is 36.3 Å². The van der Waals surface area contributed by atoms with Crippen LogP contribution in [0.3, 0.4) is 0 Å². The van der Waals surface area contributed by atoms with Crippen LogP contribution in [0.2, 0.25) is 0 Å². The maximum Gasteiger partial charge on any atom is 0.127 e. The lowest BCUT2D eigenvalue weighted by Crippen LogP contribution is -2.22. The fourth-order valence-corrected chi connectivity index (χ4v) is 0.269. The summed E-state index contributed by atoms with van der Waals surface area (Å²) in [5, 5.41) is 8.02. The molecular formula is C4H4NO. The van der Waals surface area contributed by atoms with E-state index in [4.69, 9.17) is 5.26 Å². The predicted octanol–water partition coefficient (Wildman–Crippen LogP) is 0.115. The van der Waals surface area contributed by atoms with Gasteiger partial charge in [-0.2, -0.15) is 5.26 Å². The molecule has 2 heteroatoms. The van der Waals surface area contributed by atoms with E-state index in [1.165, 1.54) is 0 Å². The number of rotatable bonds is 0. The highest BCUT2D eigenvalue weighted by Gasteiger charge is 2.17. The zero-order valence-electron chi connectivity index (χ0n) is 3.27. The topological polar surface area (TPSA) is 33.0 Å². The Kier molecular flexibility index (Phi) is 0.771. The molecular weight excluding hydrogens is 78.0 g/mol. The van der Waals surface area contributed by atoms with E-state index >= 15 is 0 Å². The summed E-state index contributed by atoms with van der Waals surface area (Å²) in [4.78, 5) is 0. The molecule has 0 unspecified atom stereocenters. The summed E-state index contributed by atoms with van der Waals surface area (Å²) in [6, 6.07) is 1.99. The molecule has 0 aromatic carbocycles. The van der Waals surface area contributed by atoms with Gasteiger partial charge in [0.2, 0.25) is 0 Å². The van der Waals surface area contributed by atoms with Gasteiger partial charge in [0.05, 0.1) is 19.3 Å². The van der Waals surface area contributed by atoms with E-state index in [0.29, 0.717) is 13.2 Å². The predicted molar refractivity (Wildman–Crippen MR) is 19.7 cm³/mol. The lowest BCUT2D eigenvalue weighted by Gasteiger charge is -2.16. The van der Waals surface area contributed by atoms with E-state index in [2.05, 4.69) is 4.74 Å². The van der Waals surface area contributed by atoms with Crippen LogP contribution in [0.4, 0.5) is 0 Å². The summed E-state index contributed by atoms with van der Waals surface area (Å²) < 4.78 is 4.67. The fourth-order valence-electron chi connectivity index (χ4n) is 0.269. The van der Waals surface area contributed by atoms with Gasteiger partial charge in [0.1, 0.15) is 5.92 Å². The zero-order valence-corrected chi connectivity index (χ0v) is 3.27. The van der Waals surface area contributed by atoms with E-state index < -0.39 is 0 Å². The van der Waals surface area contributed by atoms with Crippen LogP contribution in [0.5, 0.6) is 0 Å². The monoisotopic (exact) mass is 82.0 g/mol. The second kappa shape index (κ2) is 1.27. The molecule has 1 heterocycles. The molecule has 0 saturated carbocycles. The average Bonchev–Trinajstić information content (AvgIpc) is 1.31. The molecule has 1 fully saturated rings. The fraction of sp³-hybridized carbons (Fsp3) is 0.500. The molecule has 1 radical (unpaired) electrons. The number of ether oxygens (including phenoxy) is 1. The first-order chi connectivity index (χ1) is 2.93. The highest BCUT2D eigenvalue weighted by Crippen LogP contribution is 2.08. The average molecular weight is 82.1 g/mol. The first kappa shape index (κ1) is 3.63. The minimum absolute atomic E-state index is 0.566. The van der Waals surface area contributed by atoms with Crippen molar-refractivity contribution in [2.24, 2.45) is 0 Å². The molecule has 1 aliphatic rings. The number of nitriles is 1. The summed E-state index contributed by atoms with van der Waals surface area (Å²) in [5.41, 5.74) is 0. The first-order valence-corrected chi connectivity index (χ1v) is 1.76. The lowest BCUT2D eigenvalue weighted by molar-refractivity contribution is 0.0776. The molecule has 1 aliphatic heterocycles. The lowest BCUT2D eigenvalue weighted by atomic mass is 10.1. The largest absolute Gasteiger partial charge is 0.378 e. The van der Waals surface area contributed by atoms with Crippen molar-refractivity contribution in [1.29, 1.82) is 5.26 Å². The third-order valence-corrected chi connectivity index (χ3v) is 0.711. The molecule has 2 nitrogen and oxygen atoms in total. The standard InChI is InChI=1S/C4H4NO/c5-1-4-2-6-3-4/h2-3H2. The normalized spacial score (nSPS) is 21.8. The van der Waals surface area contributed by atoms with Crippen molar-refractivity contribution in [3.63, 3.8) is 0 Å². The Hall–Kier alpha value is -0.550. The van der Waals surface area contributed by atoms with Crippen molar-refractivity contribution in [2.45, 2.75) is 0 Å². The van der Waals surface area contributed by atoms with Gasteiger partial charge in [-0.15, -0.1) is 0 Å². The van der Waals surface area contributed by atoms with E-state index in [0.717, 1.165) is 5.92 Å². The zero-order chi connectivity index (χ0) is 4.41. The molecule has 1 saturated heterocycles. The summed E-state index contributed by atoms with van der Waals surface area (Å²) in [6.45, 7) is 1.13. The van der Waals surface area contributed by atoms with Crippen LogP contribution in [-0.2, 0) is 4.74 Å². The highest BCUT2D eigenvalue weighted by molar-refractivity contribution is 5.15. The molecule has 0 aliphatic carbocycles. The second-order valence-electron chi connectivity index (χ2n) is 1.21. The summed E-state index contributed by atoms with van der Waals surface area (Å²) in [5.74, 6) is 0.856. The van der Waals surface area contributed by atoms with Crippen molar-refractivity contribution in [2.75, 3.05) is 13.2 Å². The van der Waals surface area contributed by atoms with Gasteiger partial charge in [0.15, 0.2) is 0 Å². The molecule has 0 N–H and O–H groups in total. The van der Waals surface area contributed by atoms with Gasteiger partial charge in [-0.25, -0.2) is 0 Å². The molecule has 0 atom stereocenters. The number of hydrogen-bond acceptors (Lipinski definition) is 2. The second-order valence-corrected chi connectivity index (χ2v) is 1.21. The van der Waals surface area contributed by atoms with Crippen LogP contribution < -0.4 is 0 Å². The highest BCUT2D eigenvalue weighted by atomic mass is 16.5. The Bertz CT molecular complexity index is 80.0. The smallest absolute Gasteiger partial charge is 0.127 e. The first-order valence-electron chi connectivity index (χ1n) is 1.76. The molecule has 0 bridgehead atoms. The minimum atomic E-state index is 0.566. The van der Waals surface area contributed by atoms with Crippen LogP contribution in [-0.4, -0.2) is 13.2 Å². The number of hydrogen-bond donors (Lipinski definition) is 0. The summed E-state index contributed by atoms with van der Waals surface area (Å²) in [6.07, 6.45) is 0. The number of nitrogens with zero attached hydrogens (tertiary/aromatic N) is 1. The van der Waals surface area contributed by atoms with Gasteiger partial charge < -0.3 is 4.74 Å². The molecule has 0 aromatic rings. The van der Waals surface area contributed by atoms with Crippen molar-refractivity contribution >= 4 is 0 Å². The van der Waals surface area contributed by atoms with Crippen LogP contribution in [0, 0.1) is 17.2 Å². The summed E-state index contributed by atoms with van der Waals surface area (Å²) in [7, 11) is 0. The van der Waals surface area contributed by atoms with Crippen molar-refractivity contribution < 1.29 is 4.74 Å². The van der Waals surface area contributed by atoms with Crippen molar-refractivity contribution in [3.8, 4) is 6.07 Å². The molecule has 6 heavy (non-hydrogen) atoms. The van der Waals surface area contributed by atoms with E-state index in [-0.39, 0.29) is 0 Å². The minimum Gasteiger partial charge on any atom is -0.378 e. The van der Waals surface area contributed by atoms with E-state index in [1.807, 2.05) is 6.07 Å². The quantitative estimate of drug-likeness (QED) is 0.415. The van der Waals surface area contributed by atoms with Crippen LogP contribution in [0.1, 0.15) is 0 Å². The van der Waals surface area contributed by atoms with Crippen molar-refractivity contribution in [3.05, 3.63) is 5.92 Å².